The van der Waals surface area contributed by atoms with Crippen LogP contribution >= 0.6 is 0 Å². The van der Waals surface area contributed by atoms with Crippen molar-refractivity contribution in [3.63, 3.8) is 0 Å². The van der Waals surface area contributed by atoms with Crippen LogP contribution in [0.15, 0.2) is 53.5 Å². The predicted molar refractivity (Wildman–Crippen MR) is 108 cm³/mol. The normalized spacial score (nSPS) is 27.4. The minimum Gasteiger partial charge on any atom is -0.455 e. The summed E-state index contributed by atoms with van der Waals surface area (Å²) in [5.41, 5.74) is 3.28. The third kappa shape index (κ3) is 3.08. The van der Waals surface area contributed by atoms with Gasteiger partial charge in [-0.2, -0.15) is 0 Å². The number of rotatable bonds is 1. The minimum absolute atomic E-state index is 0.0733. The van der Waals surface area contributed by atoms with Crippen molar-refractivity contribution in [2.45, 2.75) is 30.9 Å². The maximum atomic E-state index is 14.0. The van der Waals surface area contributed by atoms with Gasteiger partial charge in [-0.25, -0.2) is 9.38 Å². The van der Waals surface area contributed by atoms with Crippen LogP contribution in [0.25, 0.3) is 0 Å². The molecule has 1 fully saturated rings. The molecule has 0 radical (unpaired) electrons. The van der Waals surface area contributed by atoms with Crippen molar-refractivity contribution in [2.24, 2.45) is 4.99 Å². The minimum atomic E-state index is -0.208. The number of benzene rings is 2. The molecule has 2 atom stereocenters. The van der Waals surface area contributed by atoms with Gasteiger partial charge in [-0.15, -0.1) is 0 Å². The van der Waals surface area contributed by atoms with Gasteiger partial charge in [0.1, 0.15) is 11.4 Å². The molecule has 0 unspecified atom stereocenters. The monoisotopic (exact) mass is 379 g/mol. The van der Waals surface area contributed by atoms with E-state index in [4.69, 9.17) is 9.73 Å². The molecule has 1 saturated heterocycles. The first-order valence-electron chi connectivity index (χ1n) is 10.2. The maximum absolute atomic E-state index is 14.0. The Labute approximate surface area is 165 Å². The first-order valence-corrected chi connectivity index (χ1v) is 10.2. The fourth-order valence-electron chi connectivity index (χ4n) is 4.96. The third-order valence-corrected chi connectivity index (χ3v) is 6.23. The number of likely N-dealkylation sites (tertiary alicyclic amines) is 1. The Morgan fingerprint density at radius 1 is 1.14 bits per heavy atom. The Balaban J connectivity index is 1.50. The molecule has 0 aliphatic carbocycles. The topological polar surface area (TPSA) is 28.1 Å². The van der Waals surface area contributed by atoms with Crippen LogP contribution in [0.4, 0.5) is 4.39 Å². The first kappa shape index (κ1) is 17.7. The fourth-order valence-corrected chi connectivity index (χ4v) is 4.96. The molecule has 3 aliphatic heterocycles. The molecule has 28 heavy (non-hydrogen) atoms. The van der Waals surface area contributed by atoms with Gasteiger partial charge in [-0.05, 0) is 61.7 Å². The van der Waals surface area contributed by atoms with Crippen LogP contribution in [0.3, 0.4) is 0 Å². The Hall–Kier alpha value is -2.40. The quantitative estimate of drug-likeness (QED) is 0.758. The van der Waals surface area contributed by atoms with Crippen LogP contribution in [-0.2, 0) is 11.2 Å². The molecular weight excluding hydrogens is 353 g/mol. The zero-order valence-electron chi connectivity index (χ0n) is 16.3. The van der Waals surface area contributed by atoms with E-state index in [1.807, 2.05) is 6.07 Å². The van der Waals surface area contributed by atoms with Crippen LogP contribution in [-0.4, -0.2) is 54.6 Å². The molecule has 5 heteroatoms. The van der Waals surface area contributed by atoms with E-state index in [1.165, 1.54) is 17.2 Å². The highest BCUT2D eigenvalue weighted by Crippen LogP contribution is 2.38. The Kier molecular flexibility index (Phi) is 4.35. The van der Waals surface area contributed by atoms with E-state index in [9.17, 15) is 4.39 Å². The first-order chi connectivity index (χ1) is 13.6. The number of halogens is 1. The third-order valence-electron chi connectivity index (χ3n) is 6.23. The molecule has 3 aliphatic rings. The highest BCUT2D eigenvalue weighted by Gasteiger charge is 2.44. The Morgan fingerprint density at radius 2 is 2.04 bits per heavy atom. The fraction of sp³-hybridized carbons (Fsp3) is 0.435. The second-order valence-corrected chi connectivity index (χ2v) is 8.32. The lowest BCUT2D eigenvalue weighted by atomic mass is 9.88. The van der Waals surface area contributed by atoms with Gasteiger partial charge in [0, 0.05) is 13.1 Å². The van der Waals surface area contributed by atoms with Crippen molar-refractivity contribution in [2.75, 3.05) is 33.2 Å². The van der Waals surface area contributed by atoms with Crippen LogP contribution < -0.4 is 0 Å². The number of fused-ring (bicyclic) bond motifs is 1. The second-order valence-electron chi connectivity index (χ2n) is 8.32. The molecule has 4 nitrogen and oxygen atoms in total. The molecule has 0 aromatic heterocycles. The van der Waals surface area contributed by atoms with Crippen molar-refractivity contribution in [1.82, 2.24) is 9.80 Å². The molecule has 0 N–H and O–H groups in total. The summed E-state index contributed by atoms with van der Waals surface area (Å²) in [4.78, 5) is 9.41. The molecule has 146 valence electrons. The van der Waals surface area contributed by atoms with Crippen LogP contribution in [0, 0.1) is 5.82 Å². The summed E-state index contributed by atoms with van der Waals surface area (Å²) < 4.78 is 20.6. The summed E-state index contributed by atoms with van der Waals surface area (Å²) >= 11 is 0. The molecule has 1 spiro atoms. The molecule has 0 bridgehead atoms. The lowest BCUT2D eigenvalue weighted by molar-refractivity contribution is 0.000259. The van der Waals surface area contributed by atoms with Gasteiger partial charge in [0.2, 0.25) is 0 Å². The number of hydrogen-bond acceptors (Lipinski definition) is 4. The van der Waals surface area contributed by atoms with E-state index in [0.717, 1.165) is 50.5 Å². The molecule has 3 heterocycles. The average molecular weight is 379 g/mol. The standard InChI is InChI=1S/C23H26FN3O/c1-26-12-5-11-23(16-26)15-25-22(28-23)27-13-10-17-6-2-3-9-20(17)21(27)18-7-4-8-19(24)14-18/h2-4,6-9,14,21H,5,10-13,15-16H2,1H3/t21-,23+/m0/s1. The van der Waals surface area contributed by atoms with Gasteiger partial charge < -0.3 is 14.5 Å². The highest BCUT2D eigenvalue weighted by molar-refractivity contribution is 5.78. The van der Waals surface area contributed by atoms with Crippen molar-refractivity contribution in [1.29, 1.82) is 0 Å². The van der Waals surface area contributed by atoms with Gasteiger partial charge in [0.25, 0.3) is 6.02 Å². The molecule has 2 aromatic rings. The van der Waals surface area contributed by atoms with Gasteiger partial charge >= 0.3 is 0 Å². The Morgan fingerprint density at radius 3 is 2.89 bits per heavy atom. The lowest BCUT2D eigenvalue weighted by Gasteiger charge is -2.41. The van der Waals surface area contributed by atoms with Crippen molar-refractivity contribution < 1.29 is 9.13 Å². The van der Waals surface area contributed by atoms with E-state index >= 15 is 0 Å². The van der Waals surface area contributed by atoms with Gasteiger partial charge in [-0.1, -0.05) is 36.4 Å². The molecule has 0 saturated carbocycles. The molecule has 2 aromatic carbocycles. The van der Waals surface area contributed by atoms with Gasteiger partial charge in [0.05, 0.1) is 12.6 Å². The highest BCUT2D eigenvalue weighted by atomic mass is 19.1. The summed E-state index contributed by atoms with van der Waals surface area (Å²) in [6, 6.07) is 16.0. The zero-order chi connectivity index (χ0) is 19.1. The van der Waals surface area contributed by atoms with Crippen molar-refractivity contribution in [3.8, 4) is 0 Å². The number of piperidine rings is 1. The summed E-state index contributed by atoms with van der Waals surface area (Å²) in [6.45, 7) is 3.56. The second kappa shape index (κ2) is 6.89. The number of hydrogen-bond donors (Lipinski definition) is 0. The summed E-state index contributed by atoms with van der Waals surface area (Å²) in [5.74, 6) is -0.208. The van der Waals surface area contributed by atoms with E-state index in [-0.39, 0.29) is 17.5 Å². The van der Waals surface area contributed by atoms with Crippen LogP contribution in [0.5, 0.6) is 0 Å². The summed E-state index contributed by atoms with van der Waals surface area (Å²) in [5, 5.41) is 0. The number of amidine groups is 1. The Bertz CT molecular complexity index is 914. The van der Waals surface area contributed by atoms with Crippen molar-refractivity contribution in [3.05, 3.63) is 71.0 Å². The van der Waals surface area contributed by atoms with Gasteiger partial charge in [0.15, 0.2) is 0 Å². The summed E-state index contributed by atoms with van der Waals surface area (Å²) in [6.07, 6.45) is 3.12. The number of aliphatic imine (C=N–C) groups is 1. The largest absolute Gasteiger partial charge is 0.455 e. The van der Waals surface area contributed by atoms with Crippen molar-refractivity contribution >= 4 is 6.02 Å². The smallest absolute Gasteiger partial charge is 0.288 e. The number of likely N-dealkylation sites (N-methyl/N-ethyl adjacent to an activating group) is 1. The van der Waals surface area contributed by atoms with E-state index in [0.29, 0.717) is 6.54 Å². The number of ether oxygens (including phenoxy) is 1. The van der Waals surface area contributed by atoms with E-state index in [2.05, 4.69) is 41.1 Å². The van der Waals surface area contributed by atoms with Crippen LogP contribution in [0.1, 0.15) is 35.6 Å². The van der Waals surface area contributed by atoms with Gasteiger partial charge in [-0.3, -0.25) is 0 Å². The molecular formula is C23H26FN3O. The number of nitrogens with zero attached hydrogens (tertiary/aromatic N) is 3. The molecule has 5 rings (SSSR count). The summed E-state index contributed by atoms with van der Waals surface area (Å²) in [7, 11) is 2.15. The molecule has 0 amide bonds. The zero-order valence-corrected chi connectivity index (χ0v) is 16.3. The maximum Gasteiger partial charge on any atom is 0.288 e. The lowest BCUT2D eigenvalue weighted by Crippen LogP contribution is -2.51. The SMILES string of the molecule is CN1CCC[C@@]2(CN=C(N3CCc4ccccc4[C@@H]3c3cccc(F)c3)O2)C1. The predicted octanol–water partition coefficient (Wildman–Crippen LogP) is 3.62. The van der Waals surface area contributed by atoms with E-state index < -0.39 is 0 Å². The average Bonchev–Trinajstić information content (AvgIpc) is 3.09. The van der Waals surface area contributed by atoms with E-state index in [1.54, 1.807) is 12.1 Å². The van der Waals surface area contributed by atoms with Crippen LogP contribution in [0.2, 0.25) is 0 Å².